The van der Waals surface area contributed by atoms with E-state index in [1.54, 1.807) is 12.1 Å². The second-order valence-corrected chi connectivity index (χ2v) is 6.31. The Labute approximate surface area is 111 Å². The zero-order valence-electron chi connectivity index (χ0n) is 10.2. The molecule has 1 unspecified atom stereocenters. The zero-order chi connectivity index (χ0) is 14.0. The van der Waals surface area contributed by atoms with Crippen LogP contribution in [0.2, 0.25) is 0 Å². The molecule has 0 aliphatic carbocycles. The van der Waals surface area contributed by atoms with Gasteiger partial charge in [-0.1, -0.05) is 24.3 Å². The summed E-state index contributed by atoms with van der Waals surface area (Å²) in [5.74, 6) is -0.388. The normalized spacial score (nSPS) is 13.2. The minimum Gasteiger partial charge on any atom is -0.384 e. The SMILES string of the molecule is CS(=O)(=O)c1cccc(C(O)c2ccc(F)cc2)c1. The predicted molar refractivity (Wildman–Crippen MR) is 70.0 cm³/mol. The molecule has 0 amide bonds. The Balaban J connectivity index is 2.39. The second kappa shape index (κ2) is 5.11. The summed E-state index contributed by atoms with van der Waals surface area (Å²) in [6, 6.07) is 11.5. The molecule has 100 valence electrons. The van der Waals surface area contributed by atoms with Crippen LogP contribution < -0.4 is 0 Å². The van der Waals surface area contributed by atoms with Crippen molar-refractivity contribution in [1.82, 2.24) is 0 Å². The highest BCUT2D eigenvalue weighted by Gasteiger charge is 2.14. The van der Waals surface area contributed by atoms with E-state index in [-0.39, 0.29) is 10.7 Å². The maximum Gasteiger partial charge on any atom is 0.175 e. The van der Waals surface area contributed by atoms with Crippen molar-refractivity contribution in [3.8, 4) is 0 Å². The van der Waals surface area contributed by atoms with E-state index in [2.05, 4.69) is 0 Å². The van der Waals surface area contributed by atoms with Gasteiger partial charge >= 0.3 is 0 Å². The first-order valence-corrected chi connectivity index (χ1v) is 7.50. The fourth-order valence-corrected chi connectivity index (χ4v) is 2.43. The fraction of sp³-hybridized carbons (Fsp3) is 0.143. The Morgan fingerprint density at radius 3 is 2.26 bits per heavy atom. The average Bonchev–Trinajstić information content (AvgIpc) is 2.38. The molecule has 0 saturated heterocycles. The number of sulfone groups is 1. The molecule has 0 heterocycles. The minimum absolute atomic E-state index is 0.145. The molecule has 0 radical (unpaired) electrons. The Morgan fingerprint density at radius 2 is 1.68 bits per heavy atom. The molecule has 2 aromatic rings. The van der Waals surface area contributed by atoms with Crippen LogP contribution in [0.25, 0.3) is 0 Å². The lowest BCUT2D eigenvalue weighted by Crippen LogP contribution is -2.03. The molecule has 0 saturated carbocycles. The van der Waals surface area contributed by atoms with Crippen LogP contribution in [0.5, 0.6) is 0 Å². The topological polar surface area (TPSA) is 54.4 Å². The fourth-order valence-electron chi connectivity index (χ4n) is 1.75. The summed E-state index contributed by atoms with van der Waals surface area (Å²) in [4.78, 5) is 0.145. The van der Waals surface area contributed by atoms with E-state index < -0.39 is 15.9 Å². The van der Waals surface area contributed by atoms with Crippen molar-refractivity contribution in [2.75, 3.05) is 6.26 Å². The molecule has 1 atom stereocenters. The third-order valence-corrected chi connectivity index (χ3v) is 3.90. The Hall–Kier alpha value is -1.72. The number of aliphatic hydroxyl groups excluding tert-OH is 1. The molecular formula is C14H13FO3S. The quantitative estimate of drug-likeness (QED) is 0.938. The van der Waals surface area contributed by atoms with Crippen LogP contribution in [0.4, 0.5) is 4.39 Å². The molecular weight excluding hydrogens is 267 g/mol. The lowest BCUT2D eigenvalue weighted by Gasteiger charge is -2.12. The standard InChI is InChI=1S/C14H13FO3S/c1-19(17,18)13-4-2-3-11(9-13)14(16)10-5-7-12(15)8-6-10/h2-9,14,16H,1H3. The molecule has 0 bridgehead atoms. The molecule has 2 rings (SSSR count). The summed E-state index contributed by atoms with van der Waals surface area (Å²) in [5.41, 5.74) is 0.960. The summed E-state index contributed by atoms with van der Waals surface area (Å²) in [6.45, 7) is 0. The van der Waals surface area contributed by atoms with Gasteiger partial charge in [0.25, 0.3) is 0 Å². The summed E-state index contributed by atoms with van der Waals surface area (Å²) in [6.07, 6.45) is 0.124. The van der Waals surface area contributed by atoms with Crippen molar-refractivity contribution in [1.29, 1.82) is 0 Å². The third-order valence-electron chi connectivity index (χ3n) is 2.79. The number of halogens is 1. The average molecular weight is 280 g/mol. The van der Waals surface area contributed by atoms with Crippen LogP contribution in [0.1, 0.15) is 17.2 Å². The summed E-state index contributed by atoms with van der Waals surface area (Å²) < 4.78 is 35.7. The number of rotatable bonds is 3. The van der Waals surface area contributed by atoms with E-state index in [0.717, 1.165) is 6.26 Å². The number of hydrogen-bond acceptors (Lipinski definition) is 3. The van der Waals surface area contributed by atoms with Gasteiger partial charge < -0.3 is 5.11 Å². The van der Waals surface area contributed by atoms with Crippen LogP contribution in [0.3, 0.4) is 0 Å². The lowest BCUT2D eigenvalue weighted by molar-refractivity contribution is 0.220. The van der Waals surface area contributed by atoms with Crippen molar-refractivity contribution in [3.63, 3.8) is 0 Å². The van der Waals surface area contributed by atoms with Gasteiger partial charge in [-0.15, -0.1) is 0 Å². The maximum atomic E-state index is 12.8. The first-order chi connectivity index (χ1) is 8.88. The molecule has 0 fully saturated rings. The van der Waals surface area contributed by atoms with Gasteiger partial charge in [0.05, 0.1) is 4.90 Å². The van der Waals surface area contributed by atoms with Crippen LogP contribution >= 0.6 is 0 Å². The van der Waals surface area contributed by atoms with Crippen LogP contribution in [0.15, 0.2) is 53.4 Å². The van der Waals surface area contributed by atoms with Crippen molar-refractivity contribution in [2.24, 2.45) is 0 Å². The molecule has 1 N–H and O–H groups in total. The first-order valence-electron chi connectivity index (χ1n) is 5.61. The van der Waals surface area contributed by atoms with E-state index in [0.29, 0.717) is 11.1 Å². The van der Waals surface area contributed by atoms with E-state index in [9.17, 15) is 17.9 Å². The zero-order valence-corrected chi connectivity index (χ0v) is 11.1. The Kier molecular flexibility index (Phi) is 3.68. The van der Waals surface area contributed by atoms with Crippen molar-refractivity contribution in [3.05, 3.63) is 65.5 Å². The van der Waals surface area contributed by atoms with Crippen molar-refractivity contribution < 1.29 is 17.9 Å². The van der Waals surface area contributed by atoms with Gasteiger partial charge in [-0.3, -0.25) is 0 Å². The highest BCUT2D eigenvalue weighted by molar-refractivity contribution is 7.90. The van der Waals surface area contributed by atoms with Gasteiger partial charge in [-0.25, -0.2) is 12.8 Å². The molecule has 19 heavy (non-hydrogen) atoms. The summed E-state index contributed by atoms with van der Waals surface area (Å²) in [5, 5.41) is 10.2. The third kappa shape index (κ3) is 3.19. The van der Waals surface area contributed by atoms with E-state index in [1.807, 2.05) is 0 Å². The molecule has 5 heteroatoms. The molecule has 0 spiro atoms. The minimum atomic E-state index is -3.32. The van der Waals surface area contributed by atoms with E-state index >= 15 is 0 Å². The smallest absolute Gasteiger partial charge is 0.175 e. The first kappa shape index (κ1) is 13.7. The van der Waals surface area contributed by atoms with E-state index in [1.165, 1.54) is 36.4 Å². The molecule has 3 nitrogen and oxygen atoms in total. The second-order valence-electron chi connectivity index (χ2n) is 4.30. The summed E-state index contributed by atoms with van der Waals surface area (Å²) >= 11 is 0. The molecule has 0 aliphatic heterocycles. The Morgan fingerprint density at radius 1 is 1.05 bits per heavy atom. The highest BCUT2D eigenvalue weighted by Crippen LogP contribution is 2.24. The number of hydrogen-bond donors (Lipinski definition) is 1. The van der Waals surface area contributed by atoms with Gasteiger partial charge in [0, 0.05) is 6.26 Å². The monoisotopic (exact) mass is 280 g/mol. The predicted octanol–water partition coefficient (Wildman–Crippen LogP) is 2.31. The van der Waals surface area contributed by atoms with Gasteiger partial charge in [0.1, 0.15) is 11.9 Å². The van der Waals surface area contributed by atoms with Crippen LogP contribution in [0, 0.1) is 5.82 Å². The largest absolute Gasteiger partial charge is 0.384 e. The van der Waals surface area contributed by atoms with Gasteiger partial charge in [0.15, 0.2) is 9.84 Å². The van der Waals surface area contributed by atoms with Gasteiger partial charge in [-0.05, 0) is 35.4 Å². The van der Waals surface area contributed by atoms with Crippen molar-refractivity contribution >= 4 is 9.84 Å². The summed E-state index contributed by atoms with van der Waals surface area (Å²) in [7, 11) is -3.32. The molecule has 2 aromatic carbocycles. The lowest BCUT2D eigenvalue weighted by atomic mass is 10.0. The van der Waals surface area contributed by atoms with E-state index in [4.69, 9.17) is 0 Å². The van der Waals surface area contributed by atoms with Crippen LogP contribution in [-0.2, 0) is 9.84 Å². The van der Waals surface area contributed by atoms with Crippen LogP contribution in [-0.4, -0.2) is 19.8 Å². The van der Waals surface area contributed by atoms with Crippen molar-refractivity contribution in [2.45, 2.75) is 11.0 Å². The Bertz CT molecular complexity index is 678. The number of aliphatic hydroxyl groups is 1. The molecule has 0 aromatic heterocycles. The maximum absolute atomic E-state index is 12.8. The van der Waals surface area contributed by atoms with Gasteiger partial charge in [-0.2, -0.15) is 0 Å². The highest BCUT2D eigenvalue weighted by atomic mass is 32.2. The molecule has 0 aliphatic rings. The van der Waals surface area contributed by atoms with Gasteiger partial charge in [0.2, 0.25) is 0 Å². The number of benzene rings is 2.